The zero-order valence-electron chi connectivity index (χ0n) is 23.1. The Kier molecular flexibility index (Phi) is 10.8. The predicted molar refractivity (Wildman–Crippen MR) is 175 cm³/mol. The lowest BCUT2D eigenvalue weighted by atomic mass is 10.1. The van der Waals surface area contributed by atoms with Crippen molar-refractivity contribution in [3.63, 3.8) is 0 Å². The third kappa shape index (κ3) is 8.94. The second-order valence-electron chi connectivity index (χ2n) is 9.31. The minimum Gasteiger partial charge on any atom is -0.325 e. The molecule has 4 aromatic carbocycles. The molecule has 44 heavy (non-hydrogen) atoms. The van der Waals surface area contributed by atoms with Crippen molar-refractivity contribution in [3.8, 4) is 0 Å². The van der Waals surface area contributed by atoms with E-state index in [0.717, 1.165) is 0 Å². The van der Waals surface area contributed by atoms with Gasteiger partial charge in [0.2, 0.25) is 15.9 Å². The number of primary sulfonamides is 1. The van der Waals surface area contributed by atoms with E-state index in [1.54, 1.807) is 79.7 Å². The SMILES string of the molecule is CC(Sc1cccc(NC(=O)/C(=C\c2c(Cl)cccc2Cl)NC(=O)c2ccccc2)c1)C(=O)Nc1ccc(S(N)(=O)=O)cc1. The molecule has 4 rings (SSSR count). The molecule has 9 nitrogen and oxygen atoms in total. The fourth-order valence-electron chi connectivity index (χ4n) is 3.81. The van der Waals surface area contributed by atoms with Gasteiger partial charge in [0.25, 0.3) is 11.8 Å². The van der Waals surface area contributed by atoms with Crippen molar-refractivity contribution in [2.75, 3.05) is 10.6 Å². The Bertz CT molecular complexity index is 1810. The summed E-state index contributed by atoms with van der Waals surface area (Å²) in [6, 6.07) is 25.7. The highest BCUT2D eigenvalue weighted by Crippen LogP contribution is 2.29. The third-order valence-corrected chi connectivity index (χ3v) is 8.72. The number of nitrogens with one attached hydrogen (secondary N) is 3. The lowest BCUT2D eigenvalue weighted by Crippen LogP contribution is -2.30. The van der Waals surface area contributed by atoms with Crippen molar-refractivity contribution in [1.82, 2.24) is 5.32 Å². The molecule has 5 N–H and O–H groups in total. The van der Waals surface area contributed by atoms with E-state index in [4.69, 9.17) is 28.3 Å². The quantitative estimate of drug-likeness (QED) is 0.117. The first kappa shape index (κ1) is 32.8. The molecular formula is C31H26Cl2N4O5S2. The summed E-state index contributed by atoms with van der Waals surface area (Å²) in [5.74, 6) is -1.45. The molecule has 0 fully saturated rings. The van der Waals surface area contributed by atoms with Gasteiger partial charge in [0.1, 0.15) is 5.70 Å². The Balaban J connectivity index is 1.48. The molecule has 0 aliphatic rings. The first-order valence-corrected chi connectivity index (χ1v) is 16.1. The lowest BCUT2D eigenvalue weighted by Gasteiger charge is -2.14. The van der Waals surface area contributed by atoms with Crippen molar-refractivity contribution >= 4 is 80.2 Å². The summed E-state index contributed by atoms with van der Waals surface area (Å²) in [4.78, 5) is 39.8. The number of thioether (sulfide) groups is 1. The summed E-state index contributed by atoms with van der Waals surface area (Å²) in [6.45, 7) is 1.71. The minimum atomic E-state index is -3.84. The van der Waals surface area contributed by atoms with Crippen LogP contribution in [0, 0.1) is 0 Å². The highest BCUT2D eigenvalue weighted by Gasteiger charge is 2.19. The van der Waals surface area contributed by atoms with Crippen LogP contribution in [0.15, 0.2) is 113 Å². The van der Waals surface area contributed by atoms with Crippen LogP contribution in [0.25, 0.3) is 6.08 Å². The molecule has 0 heterocycles. The number of hydrogen-bond donors (Lipinski definition) is 4. The number of rotatable bonds is 10. The number of benzene rings is 4. The minimum absolute atomic E-state index is 0.0654. The zero-order chi connectivity index (χ0) is 31.9. The number of anilines is 2. The van der Waals surface area contributed by atoms with E-state index in [2.05, 4.69) is 16.0 Å². The van der Waals surface area contributed by atoms with Crippen molar-refractivity contribution in [1.29, 1.82) is 0 Å². The van der Waals surface area contributed by atoms with Crippen LogP contribution in [0.5, 0.6) is 0 Å². The monoisotopic (exact) mass is 668 g/mol. The van der Waals surface area contributed by atoms with Gasteiger partial charge in [-0.15, -0.1) is 11.8 Å². The van der Waals surface area contributed by atoms with E-state index in [1.807, 2.05) is 0 Å². The summed E-state index contributed by atoms with van der Waals surface area (Å²) in [7, 11) is -3.84. The van der Waals surface area contributed by atoms with Crippen LogP contribution in [0.2, 0.25) is 10.0 Å². The molecule has 226 valence electrons. The Morgan fingerprint density at radius 2 is 1.45 bits per heavy atom. The maximum absolute atomic E-state index is 13.4. The maximum atomic E-state index is 13.4. The van der Waals surface area contributed by atoms with Crippen molar-refractivity contribution in [2.24, 2.45) is 5.14 Å². The van der Waals surface area contributed by atoms with Gasteiger partial charge in [0, 0.05) is 37.4 Å². The van der Waals surface area contributed by atoms with Crippen LogP contribution in [0.3, 0.4) is 0 Å². The van der Waals surface area contributed by atoms with Crippen LogP contribution >= 0.6 is 35.0 Å². The molecule has 0 aliphatic carbocycles. The summed E-state index contributed by atoms with van der Waals surface area (Å²) < 4.78 is 22.9. The molecule has 0 saturated carbocycles. The standard InChI is InChI=1S/C31H26Cl2N4O5S2/c1-19(29(38)35-21-13-15-24(16-14-21)44(34,41)42)43-23-10-5-9-22(17-23)36-31(40)28(18-25-26(32)11-6-12-27(25)33)37-30(39)20-7-3-2-4-8-20/h2-19H,1H3,(H,35,38)(H,36,40)(H,37,39)(H2,34,41,42)/b28-18+. The Hall–Kier alpha value is -4.13. The summed E-state index contributed by atoms with van der Waals surface area (Å²) in [5.41, 5.74) is 1.44. The van der Waals surface area contributed by atoms with Gasteiger partial charge in [-0.3, -0.25) is 14.4 Å². The topological polar surface area (TPSA) is 147 Å². The molecule has 0 aliphatic heterocycles. The smallest absolute Gasteiger partial charge is 0.272 e. The number of sulfonamides is 1. The maximum Gasteiger partial charge on any atom is 0.272 e. The number of amides is 3. The van der Waals surface area contributed by atoms with Crippen molar-refractivity contribution in [3.05, 3.63) is 124 Å². The Morgan fingerprint density at radius 3 is 2.09 bits per heavy atom. The molecule has 0 bridgehead atoms. The molecule has 13 heteroatoms. The Morgan fingerprint density at radius 1 is 0.818 bits per heavy atom. The van der Waals surface area contributed by atoms with Gasteiger partial charge in [0.15, 0.2) is 0 Å². The van der Waals surface area contributed by atoms with E-state index in [-0.39, 0.29) is 16.5 Å². The van der Waals surface area contributed by atoms with E-state index < -0.39 is 27.1 Å². The van der Waals surface area contributed by atoms with Crippen LogP contribution in [0.1, 0.15) is 22.8 Å². The average Bonchev–Trinajstić information content (AvgIpc) is 2.98. The number of nitrogens with two attached hydrogens (primary N) is 1. The molecule has 0 spiro atoms. The normalized spacial score (nSPS) is 12.2. The van der Waals surface area contributed by atoms with Crippen molar-refractivity contribution in [2.45, 2.75) is 22.0 Å². The molecule has 0 radical (unpaired) electrons. The van der Waals surface area contributed by atoms with Crippen LogP contribution < -0.4 is 21.1 Å². The van der Waals surface area contributed by atoms with Gasteiger partial charge >= 0.3 is 0 Å². The van der Waals surface area contributed by atoms with Gasteiger partial charge in [-0.25, -0.2) is 13.6 Å². The second kappa shape index (κ2) is 14.6. The molecule has 1 atom stereocenters. The van der Waals surface area contributed by atoms with Gasteiger partial charge in [-0.2, -0.15) is 0 Å². The first-order valence-electron chi connectivity index (χ1n) is 12.9. The molecule has 1 unspecified atom stereocenters. The molecule has 3 amide bonds. The Labute approximate surface area is 268 Å². The highest BCUT2D eigenvalue weighted by atomic mass is 35.5. The van der Waals surface area contributed by atoms with E-state index in [9.17, 15) is 22.8 Å². The van der Waals surface area contributed by atoms with Gasteiger partial charge < -0.3 is 16.0 Å². The predicted octanol–water partition coefficient (Wildman–Crippen LogP) is 6.17. The van der Waals surface area contributed by atoms with Crippen molar-refractivity contribution < 1.29 is 22.8 Å². The molecule has 0 saturated heterocycles. The van der Waals surface area contributed by atoms with Gasteiger partial charge in [-0.1, -0.05) is 53.5 Å². The molecule has 0 aromatic heterocycles. The van der Waals surface area contributed by atoms with E-state index >= 15 is 0 Å². The molecule has 4 aromatic rings. The van der Waals surface area contributed by atoms with Crippen LogP contribution in [-0.2, 0) is 19.6 Å². The summed E-state index contributed by atoms with van der Waals surface area (Å²) in [5, 5.41) is 13.3. The highest BCUT2D eigenvalue weighted by molar-refractivity contribution is 8.00. The molecular weight excluding hydrogens is 643 g/mol. The van der Waals surface area contributed by atoms with E-state index in [0.29, 0.717) is 37.4 Å². The number of carbonyl (C=O) groups excluding carboxylic acids is 3. The summed E-state index contributed by atoms with van der Waals surface area (Å²) in [6.07, 6.45) is 1.40. The summed E-state index contributed by atoms with van der Waals surface area (Å²) >= 11 is 13.9. The number of carbonyl (C=O) groups is 3. The fraction of sp³-hybridized carbons (Fsp3) is 0.0645. The third-order valence-electron chi connectivity index (χ3n) is 6.04. The lowest BCUT2D eigenvalue weighted by molar-refractivity contribution is -0.115. The number of halogens is 2. The zero-order valence-corrected chi connectivity index (χ0v) is 26.2. The second-order valence-corrected chi connectivity index (χ2v) is 13.1. The average molecular weight is 670 g/mol. The van der Waals surface area contributed by atoms with E-state index in [1.165, 1.54) is 42.1 Å². The van der Waals surface area contributed by atoms with Crippen LogP contribution in [-0.4, -0.2) is 31.4 Å². The number of hydrogen-bond acceptors (Lipinski definition) is 6. The van der Waals surface area contributed by atoms with Crippen LogP contribution in [0.4, 0.5) is 11.4 Å². The largest absolute Gasteiger partial charge is 0.325 e. The fourth-order valence-corrected chi connectivity index (χ4v) is 5.76. The van der Waals surface area contributed by atoms with Gasteiger partial charge in [0.05, 0.1) is 10.1 Å². The van der Waals surface area contributed by atoms with Gasteiger partial charge in [-0.05, 0) is 79.7 Å². The first-order chi connectivity index (χ1) is 20.9.